The number of carbonyl (C=O) groups excluding carboxylic acids is 1. The van der Waals surface area contributed by atoms with Crippen LogP contribution in [0.2, 0.25) is 0 Å². The van der Waals surface area contributed by atoms with E-state index in [1.54, 1.807) is 7.11 Å². The van der Waals surface area contributed by atoms with Crippen LogP contribution >= 0.6 is 0 Å². The van der Waals surface area contributed by atoms with E-state index in [4.69, 9.17) is 9.47 Å². The van der Waals surface area contributed by atoms with Crippen molar-refractivity contribution >= 4 is 5.78 Å². The van der Waals surface area contributed by atoms with Crippen LogP contribution in [0.3, 0.4) is 0 Å². The molecule has 0 heterocycles. The number of rotatable bonds is 5. The molecule has 4 aliphatic rings. The highest BCUT2D eigenvalue weighted by atomic mass is 16.7. The van der Waals surface area contributed by atoms with Gasteiger partial charge in [0.15, 0.2) is 0 Å². The number of methoxy groups -OCH3 is 1. The predicted octanol–water partition coefficient (Wildman–Crippen LogP) is 5.86. The standard InChI is InChI=1S/C25H42O3/c1-6-16(2)19-7-8-20-23-21(10-12-25(19,20)4)24(3)11-9-18(26)13-17(24)14-22(23)28-15-27-5/h16-17,19-23H,6-15H2,1-5H3/t16-,17+,19-,20+,21+,22-,23+,24+,25-/m1/s1. The SMILES string of the molecule is CC[C@@H](C)[C@H]1CC[C@H]2[C@@H]3[C@H](OCOC)C[C@@H]4CC(=O)CC[C@]4(C)[C@H]3CC[C@]12C. The summed E-state index contributed by atoms with van der Waals surface area (Å²) in [5.74, 6) is 4.82. The molecular weight excluding hydrogens is 348 g/mol. The average Bonchev–Trinajstić information content (AvgIpc) is 3.03. The first-order valence-electron chi connectivity index (χ1n) is 12.0. The highest BCUT2D eigenvalue weighted by molar-refractivity contribution is 5.79. The Bertz CT molecular complexity index is 588. The van der Waals surface area contributed by atoms with E-state index >= 15 is 0 Å². The average molecular weight is 391 g/mol. The summed E-state index contributed by atoms with van der Waals surface area (Å²) < 4.78 is 11.7. The van der Waals surface area contributed by atoms with Crippen LogP contribution in [0.1, 0.15) is 85.5 Å². The van der Waals surface area contributed by atoms with Gasteiger partial charge >= 0.3 is 0 Å². The summed E-state index contributed by atoms with van der Waals surface area (Å²) >= 11 is 0. The number of carbonyl (C=O) groups is 1. The summed E-state index contributed by atoms with van der Waals surface area (Å²) in [5.41, 5.74) is 0.806. The third-order valence-electron chi connectivity index (χ3n) is 10.3. The van der Waals surface area contributed by atoms with Gasteiger partial charge in [0.1, 0.15) is 12.6 Å². The number of ketones is 1. The molecule has 160 valence electrons. The summed E-state index contributed by atoms with van der Waals surface area (Å²) in [6, 6.07) is 0. The number of ether oxygens (including phenoxy) is 2. The molecule has 0 aliphatic heterocycles. The Balaban J connectivity index is 1.66. The van der Waals surface area contributed by atoms with Gasteiger partial charge in [-0.3, -0.25) is 4.79 Å². The van der Waals surface area contributed by atoms with E-state index in [9.17, 15) is 4.79 Å². The Hall–Kier alpha value is -0.410. The molecule has 3 nitrogen and oxygen atoms in total. The van der Waals surface area contributed by atoms with Gasteiger partial charge in [-0.25, -0.2) is 0 Å². The molecule has 0 aromatic heterocycles. The van der Waals surface area contributed by atoms with Crippen molar-refractivity contribution in [2.24, 2.45) is 46.3 Å². The molecule has 4 saturated carbocycles. The van der Waals surface area contributed by atoms with Crippen molar-refractivity contribution < 1.29 is 14.3 Å². The van der Waals surface area contributed by atoms with Crippen molar-refractivity contribution in [3.63, 3.8) is 0 Å². The summed E-state index contributed by atoms with van der Waals surface area (Å²) in [5, 5.41) is 0. The second-order valence-electron chi connectivity index (χ2n) is 11.2. The lowest BCUT2D eigenvalue weighted by Crippen LogP contribution is -2.59. The number of hydrogen-bond acceptors (Lipinski definition) is 3. The molecule has 0 saturated heterocycles. The molecule has 28 heavy (non-hydrogen) atoms. The fourth-order valence-electron chi connectivity index (χ4n) is 8.58. The fraction of sp³-hybridized carbons (Fsp3) is 0.960. The summed E-state index contributed by atoms with van der Waals surface area (Å²) in [6.07, 6.45) is 10.8. The zero-order chi connectivity index (χ0) is 20.1. The minimum atomic E-state index is 0.272. The molecule has 0 aromatic carbocycles. The van der Waals surface area contributed by atoms with Crippen LogP contribution in [0.15, 0.2) is 0 Å². The molecule has 0 unspecified atom stereocenters. The van der Waals surface area contributed by atoms with E-state index < -0.39 is 0 Å². The molecule has 4 aliphatic carbocycles. The van der Waals surface area contributed by atoms with Gasteiger partial charge in [0, 0.05) is 20.0 Å². The summed E-state index contributed by atoms with van der Waals surface area (Å²) in [4.78, 5) is 12.3. The van der Waals surface area contributed by atoms with Crippen molar-refractivity contribution in [3.8, 4) is 0 Å². The monoisotopic (exact) mass is 390 g/mol. The van der Waals surface area contributed by atoms with Gasteiger partial charge in [-0.05, 0) is 84.9 Å². The predicted molar refractivity (Wildman–Crippen MR) is 112 cm³/mol. The molecule has 0 spiro atoms. The first kappa shape index (κ1) is 20.8. The van der Waals surface area contributed by atoms with Gasteiger partial charge in [-0.1, -0.05) is 34.1 Å². The molecular formula is C25H42O3. The summed E-state index contributed by atoms with van der Waals surface area (Å²) in [6.45, 7) is 10.4. The Morgan fingerprint density at radius 3 is 2.57 bits per heavy atom. The normalized spacial score (nSPS) is 49.2. The molecule has 0 N–H and O–H groups in total. The lowest BCUT2D eigenvalue weighted by Gasteiger charge is -2.62. The van der Waals surface area contributed by atoms with Crippen LogP contribution in [0.25, 0.3) is 0 Å². The number of Topliss-reactive ketones (excluding diaryl/α,β-unsaturated/α-hetero) is 1. The van der Waals surface area contributed by atoms with Gasteiger partial charge in [-0.15, -0.1) is 0 Å². The van der Waals surface area contributed by atoms with Crippen LogP contribution in [-0.4, -0.2) is 25.8 Å². The minimum absolute atomic E-state index is 0.272. The third kappa shape index (κ3) is 3.11. The minimum Gasteiger partial charge on any atom is -0.359 e. The maximum Gasteiger partial charge on any atom is 0.146 e. The molecule has 0 bridgehead atoms. The Morgan fingerprint density at radius 2 is 1.86 bits per heavy atom. The maximum atomic E-state index is 12.3. The van der Waals surface area contributed by atoms with E-state index in [1.165, 1.54) is 32.1 Å². The van der Waals surface area contributed by atoms with Crippen LogP contribution in [0.4, 0.5) is 0 Å². The van der Waals surface area contributed by atoms with Crippen molar-refractivity contribution in [2.45, 2.75) is 91.6 Å². The quantitative estimate of drug-likeness (QED) is 0.552. The molecule has 0 aromatic rings. The Morgan fingerprint density at radius 1 is 1.11 bits per heavy atom. The molecule has 3 heteroatoms. The molecule has 9 atom stereocenters. The van der Waals surface area contributed by atoms with Crippen LogP contribution in [0, 0.1) is 46.3 Å². The van der Waals surface area contributed by atoms with Crippen molar-refractivity contribution in [3.05, 3.63) is 0 Å². The van der Waals surface area contributed by atoms with E-state index in [0.717, 1.165) is 49.4 Å². The smallest absolute Gasteiger partial charge is 0.146 e. The van der Waals surface area contributed by atoms with Crippen LogP contribution < -0.4 is 0 Å². The van der Waals surface area contributed by atoms with Crippen LogP contribution in [-0.2, 0) is 14.3 Å². The highest BCUT2D eigenvalue weighted by Gasteiger charge is 2.63. The van der Waals surface area contributed by atoms with Gasteiger partial charge < -0.3 is 9.47 Å². The van der Waals surface area contributed by atoms with E-state index in [0.29, 0.717) is 35.2 Å². The van der Waals surface area contributed by atoms with Crippen molar-refractivity contribution in [2.75, 3.05) is 13.9 Å². The van der Waals surface area contributed by atoms with Gasteiger partial charge in [-0.2, -0.15) is 0 Å². The van der Waals surface area contributed by atoms with Crippen molar-refractivity contribution in [1.29, 1.82) is 0 Å². The van der Waals surface area contributed by atoms with Crippen LogP contribution in [0.5, 0.6) is 0 Å². The fourth-order valence-corrected chi connectivity index (χ4v) is 8.58. The van der Waals surface area contributed by atoms with Crippen molar-refractivity contribution in [1.82, 2.24) is 0 Å². The largest absolute Gasteiger partial charge is 0.359 e. The maximum absolute atomic E-state index is 12.3. The van der Waals surface area contributed by atoms with E-state index in [1.807, 2.05) is 0 Å². The molecule has 4 fully saturated rings. The zero-order valence-corrected chi connectivity index (χ0v) is 18.8. The first-order valence-corrected chi connectivity index (χ1v) is 12.0. The molecule has 0 radical (unpaired) electrons. The molecule has 4 rings (SSSR count). The molecule has 0 amide bonds. The second kappa shape index (κ2) is 7.69. The second-order valence-corrected chi connectivity index (χ2v) is 11.2. The van der Waals surface area contributed by atoms with E-state index in [-0.39, 0.29) is 6.10 Å². The van der Waals surface area contributed by atoms with E-state index in [2.05, 4.69) is 27.7 Å². The third-order valence-corrected chi connectivity index (χ3v) is 10.3. The van der Waals surface area contributed by atoms with Gasteiger partial charge in [0.25, 0.3) is 0 Å². The highest BCUT2D eigenvalue weighted by Crippen LogP contribution is 2.68. The lowest BCUT2D eigenvalue weighted by atomic mass is 9.43. The Kier molecular flexibility index (Phi) is 5.72. The first-order chi connectivity index (χ1) is 13.3. The van der Waals surface area contributed by atoms with Gasteiger partial charge in [0.05, 0.1) is 6.10 Å². The lowest BCUT2D eigenvalue weighted by molar-refractivity contribution is -0.201. The number of fused-ring (bicyclic) bond motifs is 5. The van der Waals surface area contributed by atoms with Gasteiger partial charge in [0.2, 0.25) is 0 Å². The number of hydrogen-bond donors (Lipinski definition) is 0. The Labute approximate surface area is 172 Å². The summed E-state index contributed by atoms with van der Waals surface area (Å²) in [7, 11) is 1.73. The zero-order valence-electron chi connectivity index (χ0n) is 18.8. The topological polar surface area (TPSA) is 35.5 Å².